The lowest BCUT2D eigenvalue weighted by Gasteiger charge is -2.19. The molecule has 0 bridgehead atoms. The lowest BCUT2D eigenvalue weighted by atomic mass is 10.1. The van der Waals surface area contributed by atoms with Gasteiger partial charge in [0.15, 0.2) is 5.84 Å². The minimum absolute atomic E-state index is 0.0653. The number of rotatable bonds is 3. The van der Waals surface area contributed by atoms with Crippen LogP contribution in [-0.2, 0) is 4.79 Å². The number of amides is 1. The number of carbonyl (C=O) groups is 1. The molecule has 0 fully saturated rings. The van der Waals surface area contributed by atoms with E-state index in [0.717, 1.165) is 5.56 Å². The number of nitrogens with zero attached hydrogens (tertiary/aromatic N) is 4. The lowest BCUT2D eigenvalue weighted by molar-refractivity contribution is -0.114. The summed E-state index contributed by atoms with van der Waals surface area (Å²) in [7, 11) is 0. The number of thioether (sulfide) groups is 1. The number of fused-ring (bicyclic) bond motifs is 1. The van der Waals surface area contributed by atoms with Gasteiger partial charge in [0.25, 0.3) is 5.91 Å². The van der Waals surface area contributed by atoms with Gasteiger partial charge in [-0.3, -0.25) is 15.2 Å². The molecule has 7 nitrogen and oxygen atoms in total. The molecule has 9 heteroatoms. The highest BCUT2D eigenvalue weighted by atomic mass is 32.2. The second-order valence-electron chi connectivity index (χ2n) is 6.38. The normalized spacial score (nSPS) is 17.2. The van der Waals surface area contributed by atoms with Crippen molar-refractivity contribution in [2.45, 2.75) is 0 Å². The number of halogens is 1. The molecule has 1 aromatic carbocycles. The molecule has 0 unspecified atom stereocenters. The third kappa shape index (κ3) is 3.25. The summed E-state index contributed by atoms with van der Waals surface area (Å²) >= 11 is 1.21. The van der Waals surface area contributed by atoms with Crippen LogP contribution in [0.3, 0.4) is 0 Å². The van der Waals surface area contributed by atoms with Gasteiger partial charge in [-0.2, -0.15) is 15.1 Å². The van der Waals surface area contributed by atoms with E-state index in [1.807, 2.05) is 6.07 Å². The Kier molecular flexibility index (Phi) is 4.36. The molecule has 30 heavy (non-hydrogen) atoms. The first-order valence-corrected chi connectivity index (χ1v) is 9.66. The van der Waals surface area contributed by atoms with Crippen LogP contribution >= 0.6 is 11.8 Å². The maximum Gasteiger partial charge on any atom is 0.283 e. The van der Waals surface area contributed by atoms with Gasteiger partial charge < -0.3 is 4.42 Å². The van der Waals surface area contributed by atoms with Crippen molar-refractivity contribution in [1.82, 2.24) is 9.99 Å². The Morgan fingerprint density at radius 1 is 1.10 bits per heavy atom. The van der Waals surface area contributed by atoms with Crippen LogP contribution in [0, 0.1) is 11.2 Å². The largest absolute Gasteiger partial charge is 0.457 e. The van der Waals surface area contributed by atoms with E-state index in [1.165, 1.54) is 35.0 Å². The zero-order valence-corrected chi connectivity index (χ0v) is 16.1. The standard InChI is InChI=1S/C21H12FN5O2S/c22-14-5-3-12(4-6-14)17-8-7-15(29-17)10-16-18(23)27-21(25-19(16)28)30-20(26-27)13-2-1-9-24-11-13/h1-11,23H/b16-10-,23-18?. The van der Waals surface area contributed by atoms with Gasteiger partial charge in [-0.05, 0) is 66.4 Å². The van der Waals surface area contributed by atoms with E-state index >= 15 is 0 Å². The molecule has 2 aromatic heterocycles. The van der Waals surface area contributed by atoms with E-state index in [-0.39, 0.29) is 17.2 Å². The molecule has 0 spiro atoms. The highest BCUT2D eigenvalue weighted by Crippen LogP contribution is 2.31. The quantitative estimate of drug-likeness (QED) is 0.646. The van der Waals surface area contributed by atoms with Crippen LogP contribution in [0.25, 0.3) is 17.4 Å². The van der Waals surface area contributed by atoms with Crippen LogP contribution in [0.2, 0.25) is 0 Å². The number of hydrogen-bond acceptors (Lipinski definition) is 6. The highest BCUT2D eigenvalue weighted by Gasteiger charge is 2.36. The number of hydrazone groups is 1. The fourth-order valence-corrected chi connectivity index (χ4v) is 3.82. The summed E-state index contributed by atoms with van der Waals surface area (Å²) < 4.78 is 18.9. The van der Waals surface area contributed by atoms with Crippen LogP contribution in [0.15, 0.2) is 81.0 Å². The van der Waals surface area contributed by atoms with Gasteiger partial charge in [-0.15, -0.1) is 0 Å². The number of carbonyl (C=O) groups excluding carboxylic acids is 1. The monoisotopic (exact) mass is 417 g/mol. The van der Waals surface area contributed by atoms with Crippen LogP contribution in [-0.4, -0.2) is 31.9 Å². The van der Waals surface area contributed by atoms with Crippen LogP contribution in [0.4, 0.5) is 4.39 Å². The summed E-state index contributed by atoms with van der Waals surface area (Å²) in [5.74, 6) is -0.0617. The molecule has 0 atom stereocenters. The van der Waals surface area contributed by atoms with Gasteiger partial charge in [0, 0.05) is 23.5 Å². The number of aliphatic imine (C=N–C) groups is 1. The minimum atomic E-state index is -0.541. The highest BCUT2D eigenvalue weighted by molar-refractivity contribution is 8.27. The molecule has 4 heterocycles. The molecular weight excluding hydrogens is 405 g/mol. The van der Waals surface area contributed by atoms with Crippen molar-refractivity contribution in [3.05, 3.63) is 83.6 Å². The average Bonchev–Trinajstić information content (AvgIpc) is 3.40. The number of pyridine rings is 1. The van der Waals surface area contributed by atoms with Gasteiger partial charge in [0.2, 0.25) is 5.17 Å². The molecule has 1 amide bonds. The molecule has 5 rings (SSSR count). The van der Waals surface area contributed by atoms with Gasteiger partial charge in [0.05, 0.1) is 5.57 Å². The Labute approximate surface area is 174 Å². The Morgan fingerprint density at radius 3 is 2.70 bits per heavy atom. The minimum Gasteiger partial charge on any atom is -0.457 e. The van der Waals surface area contributed by atoms with Crippen molar-refractivity contribution < 1.29 is 13.6 Å². The number of benzene rings is 1. The van der Waals surface area contributed by atoms with Crippen molar-refractivity contribution in [3.63, 3.8) is 0 Å². The molecule has 0 aliphatic carbocycles. The molecule has 2 aliphatic heterocycles. The lowest BCUT2D eigenvalue weighted by Crippen LogP contribution is -2.35. The predicted octanol–water partition coefficient (Wildman–Crippen LogP) is 4.15. The van der Waals surface area contributed by atoms with Crippen molar-refractivity contribution in [3.8, 4) is 11.3 Å². The van der Waals surface area contributed by atoms with Gasteiger partial charge in [-0.1, -0.05) is 0 Å². The molecule has 0 saturated heterocycles. The third-order valence-electron chi connectivity index (χ3n) is 4.41. The fraction of sp³-hybridized carbons (Fsp3) is 0. The molecule has 1 N–H and O–H groups in total. The summed E-state index contributed by atoms with van der Waals surface area (Å²) in [5.41, 5.74) is 1.55. The summed E-state index contributed by atoms with van der Waals surface area (Å²) in [6.07, 6.45) is 4.78. The van der Waals surface area contributed by atoms with Crippen molar-refractivity contribution >= 4 is 39.8 Å². The molecule has 146 valence electrons. The molecule has 2 aliphatic rings. The first kappa shape index (κ1) is 18.2. The Bertz CT molecular complexity index is 1260. The SMILES string of the molecule is N=C1/C(=C/c2ccc(-c3ccc(F)cc3)o2)C(=O)N=C2SC(c3cccnc3)=NN12. The fourth-order valence-electron chi connectivity index (χ4n) is 2.94. The second-order valence-corrected chi connectivity index (χ2v) is 7.33. The van der Waals surface area contributed by atoms with Crippen molar-refractivity contribution in [2.24, 2.45) is 10.1 Å². The van der Waals surface area contributed by atoms with E-state index in [9.17, 15) is 9.18 Å². The van der Waals surface area contributed by atoms with Gasteiger partial charge in [0.1, 0.15) is 22.4 Å². The second kappa shape index (κ2) is 7.20. The number of furan rings is 1. The van der Waals surface area contributed by atoms with E-state index in [4.69, 9.17) is 9.83 Å². The van der Waals surface area contributed by atoms with Crippen molar-refractivity contribution in [2.75, 3.05) is 0 Å². The Hall–Kier alpha value is -3.85. The number of nitrogens with one attached hydrogen (secondary N) is 1. The predicted molar refractivity (Wildman–Crippen MR) is 112 cm³/mol. The smallest absolute Gasteiger partial charge is 0.283 e. The summed E-state index contributed by atoms with van der Waals surface area (Å²) in [6.45, 7) is 0. The van der Waals surface area contributed by atoms with Crippen molar-refractivity contribution in [1.29, 1.82) is 5.41 Å². The number of amidine groups is 2. The number of aromatic nitrogens is 1. The van der Waals surface area contributed by atoms with Crippen LogP contribution in [0.5, 0.6) is 0 Å². The summed E-state index contributed by atoms with van der Waals surface area (Å²) in [4.78, 5) is 20.7. The number of hydrogen-bond donors (Lipinski definition) is 1. The first-order chi connectivity index (χ1) is 14.6. The summed E-state index contributed by atoms with van der Waals surface area (Å²) in [5, 5.41) is 15.1. The third-order valence-corrected chi connectivity index (χ3v) is 5.36. The Morgan fingerprint density at radius 2 is 1.93 bits per heavy atom. The van der Waals surface area contributed by atoms with E-state index in [0.29, 0.717) is 27.3 Å². The van der Waals surface area contributed by atoms with Gasteiger partial charge in [-0.25, -0.2) is 4.39 Å². The summed E-state index contributed by atoms with van der Waals surface area (Å²) in [6, 6.07) is 12.9. The van der Waals surface area contributed by atoms with Gasteiger partial charge >= 0.3 is 0 Å². The Balaban J connectivity index is 1.44. The maximum atomic E-state index is 13.1. The zero-order chi connectivity index (χ0) is 20.7. The molecule has 0 saturated carbocycles. The molecule has 3 aromatic rings. The van der Waals surface area contributed by atoms with E-state index < -0.39 is 5.91 Å². The van der Waals surface area contributed by atoms with E-state index in [2.05, 4.69) is 15.1 Å². The van der Waals surface area contributed by atoms with Crippen LogP contribution in [0.1, 0.15) is 11.3 Å². The topological polar surface area (TPSA) is 94.9 Å². The first-order valence-electron chi connectivity index (χ1n) is 8.85. The molecular formula is C21H12FN5O2S. The zero-order valence-electron chi connectivity index (χ0n) is 15.2. The average molecular weight is 417 g/mol. The maximum absolute atomic E-state index is 13.1. The van der Waals surface area contributed by atoms with Crippen LogP contribution < -0.4 is 0 Å². The molecule has 0 radical (unpaired) electrons. The van der Waals surface area contributed by atoms with E-state index in [1.54, 1.807) is 42.7 Å².